The number of rotatable bonds is 3. The second kappa shape index (κ2) is 7.55. The van der Waals surface area contributed by atoms with E-state index >= 15 is 0 Å². The largest absolute Gasteiger partial charge is 0.507 e. The van der Waals surface area contributed by atoms with Crippen LogP contribution in [0.2, 0.25) is 0 Å². The smallest absolute Gasteiger partial charge is 0.300 e. The van der Waals surface area contributed by atoms with Crippen LogP contribution in [0.3, 0.4) is 0 Å². The lowest BCUT2D eigenvalue weighted by molar-refractivity contribution is -0.132. The highest BCUT2D eigenvalue weighted by atomic mass is 19.1. The third-order valence-corrected chi connectivity index (χ3v) is 5.01. The quantitative estimate of drug-likeness (QED) is 0.383. The Labute approximate surface area is 171 Å². The minimum atomic E-state index is -0.961. The van der Waals surface area contributed by atoms with Crippen molar-refractivity contribution in [1.29, 1.82) is 0 Å². The number of aryl methyl sites for hydroxylation is 1. The van der Waals surface area contributed by atoms with Gasteiger partial charge in [0.2, 0.25) is 0 Å². The molecule has 0 radical (unpaired) electrons. The van der Waals surface area contributed by atoms with E-state index in [1.165, 1.54) is 35.2 Å². The number of nitrogens with zero attached hydrogens (tertiary/aromatic N) is 1. The summed E-state index contributed by atoms with van der Waals surface area (Å²) in [6, 6.07) is 16.5. The SMILES string of the molecule is Cc1cccc(C2/C(=C(\O)c3ccc(F)cc3)C(=O)C(=O)N2c2cccc(F)c2)c1. The molecule has 1 aliphatic rings. The molecule has 0 aromatic heterocycles. The summed E-state index contributed by atoms with van der Waals surface area (Å²) in [6.07, 6.45) is 0. The molecule has 1 fully saturated rings. The first kappa shape index (κ1) is 19.5. The fourth-order valence-corrected chi connectivity index (χ4v) is 3.64. The number of anilines is 1. The Kier molecular flexibility index (Phi) is 4.91. The normalized spacial score (nSPS) is 18.1. The first-order valence-electron chi connectivity index (χ1n) is 9.26. The second-order valence-electron chi connectivity index (χ2n) is 7.07. The number of Topliss-reactive ketones (excluding diaryl/α,β-unsaturated/α-hetero) is 1. The predicted molar refractivity (Wildman–Crippen MR) is 109 cm³/mol. The summed E-state index contributed by atoms with van der Waals surface area (Å²) < 4.78 is 27.2. The number of carbonyl (C=O) groups is 2. The van der Waals surface area contributed by atoms with Crippen molar-refractivity contribution in [3.63, 3.8) is 0 Å². The lowest BCUT2D eigenvalue weighted by Crippen LogP contribution is -2.29. The molecule has 6 heteroatoms. The van der Waals surface area contributed by atoms with Gasteiger partial charge in [0.15, 0.2) is 0 Å². The Hall–Kier alpha value is -3.80. The molecule has 3 aromatic rings. The van der Waals surface area contributed by atoms with Crippen LogP contribution in [0.15, 0.2) is 78.4 Å². The number of hydrogen-bond donors (Lipinski definition) is 1. The molecule has 0 bridgehead atoms. The molecular weight excluding hydrogens is 388 g/mol. The minimum Gasteiger partial charge on any atom is -0.507 e. The van der Waals surface area contributed by atoms with Gasteiger partial charge in [-0.15, -0.1) is 0 Å². The molecule has 0 aliphatic carbocycles. The van der Waals surface area contributed by atoms with Crippen molar-refractivity contribution in [3.05, 3.63) is 107 Å². The van der Waals surface area contributed by atoms with Crippen LogP contribution in [0.25, 0.3) is 5.76 Å². The van der Waals surface area contributed by atoms with Crippen molar-refractivity contribution < 1.29 is 23.5 Å². The molecule has 1 saturated heterocycles. The zero-order valence-electron chi connectivity index (χ0n) is 16.0. The van der Waals surface area contributed by atoms with Crippen molar-refractivity contribution in [2.45, 2.75) is 13.0 Å². The molecule has 1 heterocycles. The molecule has 4 rings (SSSR count). The van der Waals surface area contributed by atoms with Gasteiger partial charge in [-0.25, -0.2) is 8.78 Å². The van der Waals surface area contributed by atoms with Crippen LogP contribution >= 0.6 is 0 Å². The van der Waals surface area contributed by atoms with E-state index < -0.39 is 35.1 Å². The highest BCUT2D eigenvalue weighted by Gasteiger charge is 2.47. The fraction of sp³-hybridized carbons (Fsp3) is 0.0833. The van der Waals surface area contributed by atoms with Crippen LogP contribution in [-0.4, -0.2) is 16.8 Å². The standard InChI is InChI=1S/C24H17F2NO3/c1-14-4-2-5-16(12-14)21-20(22(28)15-8-10-17(25)11-9-15)23(29)24(30)27(21)19-7-3-6-18(26)13-19/h2-13,21,28H,1H3/b22-20+. The van der Waals surface area contributed by atoms with Crippen molar-refractivity contribution in [2.75, 3.05) is 4.90 Å². The molecule has 0 spiro atoms. The zero-order valence-corrected chi connectivity index (χ0v) is 16.0. The van der Waals surface area contributed by atoms with E-state index in [-0.39, 0.29) is 16.8 Å². The molecule has 1 unspecified atom stereocenters. The number of hydrogen-bond acceptors (Lipinski definition) is 3. The third-order valence-electron chi connectivity index (χ3n) is 5.01. The highest BCUT2D eigenvalue weighted by molar-refractivity contribution is 6.51. The molecule has 4 nitrogen and oxygen atoms in total. The maximum absolute atomic E-state index is 13.9. The summed E-state index contributed by atoms with van der Waals surface area (Å²) in [5.41, 5.74) is 1.73. The predicted octanol–water partition coefficient (Wildman–Crippen LogP) is 4.90. The zero-order chi connectivity index (χ0) is 21.4. The average molecular weight is 405 g/mol. The molecule has 3 aromatic carbocycles. The molecule has 150 valence electrons. The summed E-state index contributed by atoms with van der Waals surface area (Å²) >= 11 is 0. The van der Waals surface area contributed by atoms with Crippen molar-refractivity contribution in [2.24, 2.45) is 0 Å². The molecule has 1 amide bonds. The third kappa shape index (κ3) is 3.37. The first-order valence-corrected chi connectivity index (χ1v) is 9.26. The highest BCUT2D eigenvalue weighted by Crippen LogP contribution is 2.42. The van der Waals surface area contributed by atoms with E-state index in [0.717, 1.165) is 23.8 Å². The number of benzene rings is 3. The molecule has 1 aliphatic heterocycles. The van der Waals surface area contributed by atoms with Crippen LogP contribution in [0.1, 0.15) is 22.7 Å². The molecule has 0 saturated carbocycles. The van der Waals surface area contributed by atoms with Gasteiger partial charge in [-0.2, -0.15) is 0 Å². The Balaban J connectivity index is 1.96. The van der Waals surface area contributed by atoms with Gasteiger partial charge in [0.1, 0.15) is 17.4 Å². The number of ketones is 1. The Morgan fingerprint density at radius 2 is 1.60 bits per heavy atom. The van der Waals surface area contributed by atoms with Gasteiger partial charge in [-0.1, -0.05) is 35.9 Å². The summed E-state index contributed by atoms with van der Waals surface area (Å²) in [4.78, 5) is 27.1. The van der Waals surface area contributed by atoms with Gasteiger partial charge >= 0.3 is 0 Å². The van der Waals surface area contributed by atoms with Crippen LogP contribution in [0.4, 0.5) is 14.5 Å². The van der Waals surface area contributed by atoms with Gasteiger partial charge in [0.25, 0.3) is 11.7 Å². The van der Waals surface area contributed by atoms with E-state index in [0.29, 0.717) is 5.56 Å². The van der Waals surface area contributed by atoms with Crippen LogP contribution < -0.4 is 4.90 Å². The van der Waals surface area contributed by atoms with E-state index in [9.17, 15) is 23.5 Å². The second-order valence-corrected chi connectivity index (χ2v) is 7.07. The summed E-state index contributed by atoms with van der Waals surface area (Å²) in [6.45, 7) is 1.86. The number of aliphatic hydroxyl groups excluding tert-OH is 1. The number of aliphatic hydroxyl groups is 1. The van der Waals surface area contributed by atoms with Crippen LogP contribution in [0.5, 0.6) is 0 Å². The Bertz CT molecular complexity index is 1190. The van der Waals surface area contributed by atoms with Crippen LogP contribution in [0, 0.1) is 18.6 Å². The summed E-state index contributed by atoms with van der Waals surface area (Å²) in [5, 5.41) is 10.9. The van der Waals surface area contributed by atoms with Gasteiger partial charge in [-0.3, -0.25) is 14.5 Å². The Morgan fingerprint density at radius 3 is 2.27 bits per heavy atom. The lowest BCUT2D eigenvalue weighted by atomic mass is 9.94. The van der Waals surface area contributed by atoms with Gasteiger partial charge in [0, 0.05) is 11.3 Å². The minimum absolute atomic E-state index is 0.138. The van der Waals surface area contributed by atoms with E-state index in [1.54, 1.807) is 18.2 Å². The summed E-state index contributed by atoms with van der Waals surface area (Å²) in [7, 11) is 0. The lowest BCUT2D eigenvalue weighted by Gasteiger charge is -2.25. The monoisotopic (exact) mass is 405 g/mol. The first-order chi connectivity index (χ1) is 14.4. The number of amides is 1. The topological polar surface area (TPSA) is 57.6 Å². The average Bonchev–Trinajstić information content (AvgIpc) is 2.99. The van der Waals surface area contributed by atoms with E-state index in [4.69, 9.17) is 0 Å². The summed E-state index contributed by atoms with van der Waals surface area (Å²) in [5.74, 6) is -3.25. The maximum atomic E-state index is 13.9. The maximum Gasteiger partial charge on any atom is 0.300 e. The van der Waals surface area contributed by atoms with Crippen molar-refractivity contribution >= 4 is 23.1 Å². The number of halogens is 2. The molecular formula is C24H17F2NO3. The van der Waals surface area contributed by atoms with E-state index in [1.807, 2.05) is 13.0 Å². The number of carbonyl (C=O) groups excluding carboxylic acids is 2. The van der Waals surface area contributed by atoms with E-state index in [2.05, 4.69) is 0 Å². The fourth-order valence-electron chi connectivity index (χ4n) is 3.64. The van der Waals surface area contributed by atoms with Crippen molar-refractivity contribution in [3.8, 4) is 0 Å². The molecule has 1 N–H and O–H groups in total. The molecule has 30 heavy (non-hydrogen) atoms. The van der Waals surface area contributed by atoms with Crippen LogP contribution in [-0.2, 0) is 9.59 Å². The molecule has 1 atom stereocenters. The van der Waals surface area contributed by atoms with Crippen molar-refractivity contribution in [1.82, 2.24) is 0 Å². The van der Waals surface area contributed by atoms with Gasteiger partial charge in [0.05, 0.1) is 11.6 Å². The van der Waals surface area contributed by atoms with Gasteiger partial charge in [-0.05, 0) is 55.0 Å². The Morgan fingerprint density at radius 1 is 0.900 bits per heavy atom. The van der Waals surface area contributed by atoms with Gasteiger partial charge < -0.3 is 5.11 Å².